The van der Waals surface area contributed by atoms with Crippen molar-refractivity contribution in [3.8, 4) is 11.5 Å². The largest absolute Gasteiger partial charge is 0.504 e. The van der Waals surface area contributed by atoms with Crippen LogP contribution in [0.15, 0.2) is 58.9 Å². The van der Waals surface area contributed by atoms with Gasteiger partial charge in [0.1, 0.15) is 18.7 Å². The summed E-state index contributed by atoms with van der Waals surface area (Å²) in [4.78, 5) is 36.3. The van der Waals surface area contributed by atoms with Crippen LogP contribution in [0.2, 0.25) is 0 Å². The SMILES string of the molecule is C=C1C[C@@H](/C=N/OC)N(C(=O)c2cc(OC)c(O)cc2NC(=O)OCCSSc2ccccn2)C1. The monoisotopic (exact) mass is 518 g/mol. The maximum Gasteiger partial charge on any atom is 0.411 e. The predicted octanol–water partition coefficient (Wildman–Crippen LogP) is 4.19. The minimum atomic E-state index is -0.754. The number of benzene rings is 1. The Bertz CT molecular complexity index is 1080. The first-order valence-electron chi connectivity index (χ1n) is 10.5. The average molecular weight is 519 g/mol. The van der Waals surface area contributed by atoms with Gasteiger partial charge in [-0.1, -0.05) is 34.2 Å². The van der Waals surface area contributed by atoms with Crippen molar-refractivity contribution in [2.24, 2.45) is 5.16 Å². The van der Waals surface area contributed by atoms with Gasteiger partial charge < -0.3 is 24.3 Å². The molecule has 10 nitrogen and oxygen atoms in total. The van der Waals surface area contributed by atoms with Crippen LogP contribution in [-0.4, -0.2) is 72.4 Å². The van der Waals surface area contributed by atoms with Gasteiger partial charge in [-0.2, -0.15) is 0 Å². The number of amides is 2. The summed E-state index contributed by atoms with van der Waals surface area (Å²) in [5, 5.41) is 17.4. The number of rotatable bonds is 10. The van der Waals surface area contributed by atoms with E-state index in [2.05, 4.69) is 22.0 Å². The number of anilines is 1. The lowest BCUT2D eigenvalue weighted by Gasteiger charge is -2.23. The number of hydrogen-bond donors (Lipinski definition) is 2. The Morgan fingerprint density at radius 2 is 2.20 bits per heavy atom. The molecular formula is C23H26N4O6S2. The molecule has 0 aliphatic carbocycles. The van der Waals surface area contributed by atoms with Crippen molar-refractivity contribution < 1.29 is 29.0 Å². The number of phenols is 1. The van der Waals surface area contributed by atoms with Crippen molar-refractivity contribution in [1.29, 1.82) is 0 Å². The fraction of sp³-hybridized carbons (Fsp3) is 0.304. The topological polar surface area (TPSA) is 123 Å². The van der Waals surface area contributed by atoms with Crippen molar-refractivity contribution >= 4 is 45.5 Å². The van der Waals surface area contributed by atoms with E-state index in [4.69, 9.17) is 14.3 Å². The molecule has 1 fully saturated rings. The smallest absolute Gasteiger partial charge is 0.411 e. The summed E-state index contributed by atoms with van der Waals surface area (Å²) in [6.07, 6.45) is 3.01. The van der Waals surface area contributed by atoms with Gasteiger partial charge in [-0.25, -0.2) is 9.78 Å². The van der Waals surface area contributed by atoms with Gasteiger partial charge >= 0.3 is 6.09 Å². The van der Waals surface area contributed by atoms with E-state index in [9.17, 15) is 14.7 Å². The van der Waals surface area contributed by atoms with E-state index in [1.807, 2.05) is 18.2 Å². The summed E-state index contributed by atoms with van der Waals surface area (Å²) in [6, 6.07) is 7.89. The highest BCUT2D eigenvalue weighted by atomic mass is 33.1. The molecule has 0 saturated carbocycles. The molecular weight excluding hydrogens is 492 g/mol. The molecule has 0 unspecified atom stereocenters. The average Bonchev–Trinajstić information content (AvgIpc) is 3.23. The Balaban J connectivity index is 1.66. The molecule has 3 rings (SSSR count). The predicted molar refractivity (Wildman–Crippen MR) is 136 cm³/mol. The van der Waals surface area contributed by atoms with Crippen LogP contribution in [0.5, 0.6) is 11.5 Å². The zero-order valence-electron chi connectivity index (χ0n) is 19.3. The van der Waals surface area contributed by atoms with E-state index >= 15 is 0 Å². The fourth-order valence-corrected chi connectivity index (χ4v) is 5.00. The highest BCUT2D eigenvalue weighted by Crippen LogP contribution is 2.35. The van der Waals surface area contributed by atoms with E-state index in [1.54, 1.807) is 11.1 Å². The number of likely N-dealkylation sites (tertiary alicyclic amines) is 1. The first kappa shape index (κ1) is 26.2. The zero-order chi connectivity index (χ0) is 25.2. The van der Waals surface area contributed by atoms with Crippen molar-refractivity contribution in [2.75, 3.05) is 38.4 Å². The van der Waals surface area contributed by atoms with E-state index in [1.165, 1.54) is 54.2 Å². The number of nitrogens with one attached hydrogen (secondary N) is 1. The Kier molecular flexibility index (Phi) is 9.67. The number of hydrogen-bond acceptors (Lipinski definition) is 10. The van der Waals surface area contributed by atoms with Crippen molar-refractivity contribution in [1.82, 2.24) is 9.88 Å². The first-order valence-corrected chi connectivity index (χ1v) is 12.8. The minimum absolute atomic E-state index is 0.0914. The Morgan fingerprint density at radius 1 is 1.37 bits per heavy atom. The second kappa shape index (κ2) is 12.9. The third kappa shape index (κ3) is 7.30. The highest BCUT2D eigenvalue weighted by molar-refractivity contribution is 8.76. The Morgan fingerprint density at radius 3 is 2.91 bits per heavy atom. The van der Waals surface area contributed by atoms with Crippen molar-refractivity contribution in [3.05, 3.63) is 54.2 Å². The summed E-state index contributed by atoms with van der Waals surface area (Å²) in [7, 11) is 5.76. The number of oxime groups is 1. The van der Waals surface area contributed by atoms with Crippen LogP contribution >= 0.6 is 21.6 Å². The van der Waals surface area contributed by atoms with Crippen LogP contribution in [0.25, 0.3) is 0 Å². The number of phenolic OH excluding ortho intramolecular Hbond substituents is 1. The van der Waals surface area contributed by atoms with E-state index in [0.29, 0.717) is 18.7 Å². The maximum absolute atomic E-state index is 13.4. The molecule has 1 saturated heterocycles. The van der Waals surface area contributed by atoms with Crippen LogP contribution in [0.4, 0.5) is 10.5 Å². The molecule has 12 heteroatoms. The minimum Gasteiger partial charge on any atom is -0.504 e. The quantitative estimate of drug-likeness (QED) is 0.157. The van der Waals surface area contributed by atoms with Gasteiger partial charge in [0.05, 0.1) is 30.6 Å². The Labute approximate surface area is 211 Å². The molecule has 2 aromatic rings. The fourth-order valence-electron chi connectivity index (χ4n) is 3.30. The number of pyridine rings is 1. The van der Waals surface area contributed by atoms with E-state index in [0.717, 1.165) is 10.6 Å². The Hall–Kier alpha value is -3.38. The van der Waals surface area contributed by atoms with E-state index in [-0.39, 0.29) is 35.4 Å². The number of carbonyl (C=O) groups is 2. The molecule has 1 aliphatic rings. The van der Waals surface area contributed by atoms with Crippen molar-refractivity contribution in [3.63, 3.8) is 0 Å². The standard InChI is InChI=1S/C23H26N4O6S2/c1-15-10-16(13-25-32-3)27(14-15)22(29)17-11-20(31-2)19(28)12-18(17)26-23(30)33-8-9-34-35-21-6-4-5-7-24-21/h4-7,11-13,16,28H,1,8-10,14H2,2-3H3,(H,26,30)/b25-13+/t16-/m0/s1. The van der Waals surface area contributed by atoms with Crippen molar-refractivity contribution in [2.45, 2.75) is 17.5 Å². The summed E-state index contributed by atoms with van der Waals surface area (Å²) < 4.78 is 10.4. The highest BCUT2D eigenvalue weighted by Gasteiger charge is 2.32. The summed E-state index contributed by atoms with van der Waals surface area (Å²) in [5.41, 5.74) is 1.07. The van der Waals surface area contributed by atoms with Crippen LogP contribution in [0.3, 0.4) is 0 Å². The van der Waals surface area contributed by atoms with E-state index < -0.39 is 12.0 Å². The molecule has 186 valence electrons. The second-order valence-electron chi connectivity index (χ2n) is 7.30. The number of ether oxygens (including phenoxy) is 2. The number of aromatic hydroxyl groups is 1. The lowest BCUT2D eigenvalue weighted by molar-refractivity contribution is 0.0773. The van der Waals surface area contributed by atoms with Gasteiger partial charge in [0.15, 0.2) is 11.5 Å². The molecule has 0 radical (unpaired) electrons. The summed E-state index contributed by atoms with van der Waals surface area (Å²) >= 11 is 0. The van der Waals surface area contributed by atoms with Gasteiger partial charge in [0.25, 0.3) is 5.91 Å². The molecule has 2 heterocycles. The number of aromatic nitrogens is 1. The molecule has 1 atom stereocenters. The molecule has 0 bridgehead atoms. The van der Waals surface area contributed by atoms with Gasteiger partial charge in [-0.15, -0.1) is 0 Å². The molecule has 2 N–H and O–H groups in total. The maximum atomic E-state index is 13.4. The van der Waals surface area contributed by atoms with Crippen LogP contribution < -0.4 is 10.1 Å². The normalized spacial score (nSPS) is 15.3. The zero-order valence-corrected chi connectivity index (χ0v) is 20.9. The van der Waals surface area contributed by atoms with Gasteiger partial charge in [0, 0.05) is 24.6 Å². The number of methoxy groups -OCH3 is 1. The van der Waals surface area contributed by atoms with Crippen LogP contribution in [0, 0.1) is 0 Å². The molecule has 0 spiro atoms. The van der Waals surface area contributed by atoms with Gasteiger partial charge in [-0.3, -0.25) is 10.1 Å². The van der Waals surface area contributed by atoms with Crippen LogP contribution in [-0.2, 0) is 9.57 Å². The third-order valence-electron chi connectivity index (χ3n) is 4.86. The molecule has 35 heavy (non-hydrogen) atoms. The number of nitrogens with zero attached hydrogens (tertiary/aromatic N) is 3. The number of carbonyl (C=O) groups excluding carboxylic acids is 2. The molecule has 1 aromatic carbocycles. The lowest BCUT2D eigenvalue weighted by Crippen LogP contribution is -2.37. The molecule has 1 aliphatic heterocycles. The summed E-state index contributed by atoms with van der Waals surface area (Å²) in [6.45, 7) is 4.43. The first-order chi connectivity index (χ1) is 16.9. The van der Waals surface area contributed by atoms with Gasteiger partial charge in [-0.05, 0) is 35.4 Å². The third-order valence-corrected chi connectivity index (χ3v) is 7.09. The second-order valence-corrected chi connectivity index (χ2v) is 9.73. The van der Waals surface area contributed by atoms with Gasteiger partial charge in [0.2, 0.25) is 0 Å². The van der Waals surface area contributed by atoms with Crippen LogP contribution in [0.1, 0.15) is 16.8 Å². The molecule has 2 amide bonds. The molecule has 1 aromatic heterocycles. The summed E-state index contributed by atoms with van der Waals surface area (Å²) in [5.74, 6) is -0.00230. The lowest BCUT2D eigenvalue weighted by atomic mass is 10.1.